The van der Waals surface area contributed by atoms with E-state index in [0.717, 1.165) is 53.7 Å². The van der Waals surface area contributed by atoms with Gasteiger partial charge in [-0.15, -0.1) is 0 Å². The van der Waals surface area contributed by atoms with Gasteiger partial charge >= 0.3 is 0 Å². The SMILES string of the molecule is CN1CCN(c2nc3ccc(Br)cc3cc2C=O)CC1. The van der Waals surface area contributed by atoms with Crippen LogP contribution in [0.15, 0.2) is 28.7 Å². The van der Waals surface area contributed by atoms with Gasteiger partial charge in [-0.25, -0.2) is 4.98 Å². The maximum absolute atomic E-state index is 11.4. The summed E-state index contributed by atoms with van der Waals surface area (Å²) in [4.78, 5) is 20.6. The van der Waals surface area contributed by atoms with Gasteiger partial charge in [-0.05, 0) is 31.3 Å². The molecule has 20 heavy (non-hydrogen) atoms. The van der Waals surface area contributed by atoms with Gasteiger partial charge in [-0.2, -0.15) is 0 Å². The third-order valence-electron chi connectivity index (χ3n) is 3.71. The monoisotopic (exact) mass is 333 g/mol. The zero-order chi connectivity index (χ0) is 14.1. The Hall–Kier alpha value is -1.46. The molecular formula is C15H16BrN3O. The maximum Gasteiger partial charge on any atom is 0.153 e. The summed E-state index contributed by atoms with van der Waals surface area (Å²) in [6.45, 7) is 3.81. The molecule has 0 bridgehead atoms. The number of nitrogens with zero attached hydrogens (tertiary/aromatic N) is 3. The predicted molar refractivity (Wildman–Crippen MR) is 84.5 cm³/mol. The maximum atomic E-state index is 11.4. The molecule has 104 valence electrons. The molecule has 0 amide bonds. The summed E-state index contributed by atoms with van der Waals surface area (Å²) in [6.07, 6.45) is 0.904. The Balaban J connectivity index is 2.05. The van der Waals surface area contributed by atoms with Gasteiger partial charge < -0.3 is 9.80 Å². The van der Waals surface area contributed by atoms with Gasteiger partial charge in [-0.1, -0.05) is 15.9 Å². The molecule has 2 aromatic rings. The molecule has 0 unspecified atom stereocenters. The second kappa shape index (κ2) is 5.50. The van der Waals surface area contributed by atoms with Crippen LogP contribution in [0.4, 0.5) is 5.82 Å². The molecule has 2 heterocycles. The largest absolute Gasteiger partial charge is 0.353 e. The lowest BCUT2D eigenvalue weighted by molar-refractivity contribution is 0.112. The number of fused-ring (bicyclic) bond motifs is 1. The van der Waals surface area contributed by atoms with Gasteiger partial charge in [0.1, 0.15) is 5.82 Å². The molecule has 0 radical (unpaired) electrons. The molecule has 1 aromatic heterocycles. The predicted octanol–water partition coefficient (Wildman–Crippen LogP) is 2.56. The topological polar surface area (TPSA) is 36.4 Å². The minimum absolute atomic E-state index is 0.667. The van der Waals surface area contributed by atoms with E-state index in [9.17, 15) is 4.79 Å². The zero-order valence-electron chi connectivity index (χ0n) is 11.3. The highest BCUT2D eigenvalue weighted by molar-refractivity contribution is 9.10. The van der Waals surface area contributed by atoms with E-state index in [-0.39, 0.29) is 0 Å². The minimum atomic E-state index is 0.667. The summed E-state index contributed by atoms with van der Waals surface area (Å²) in [5.41, 5.74) is 1.59. The number of hydrogen-bond donors (Lipinski definition) is 0. The molecule has 4 nitrogen and oxygen atoms in total. The van der Waals surface area contributed by atoms with Crippen LogP contribution in [0, 0.1) is 0 Å². The lowest BCUT2D eigenvalue weighted by Crippen LogP contribution is -2.45. The first kappa shape index (κ1) is 13.5. The van der Waals surface area contributed by atoms with E-state index in [1.807, 2.05) is 24.3 Å². The Kier molecular flexibility index (Phi) is 3.72. The van der Waals surface area contributed by atoms with Crippen LogP contribution in [-0.4, -0.2) is 49.4 Å². The number of anilines is 1. The number of pyridine rings is 1. The first-order chi connectivity index (χ1) is 9.67. The van der Waals surface area contributed by atoms with Crippen LogP contribution in [-0.2, 0) is 0 Å². The Morgan fingerprint density at radius 2 is 1.95 bits per heavy atom. The number of benzene rings is 1. The molecule has 1 fully saturated rings. The number of piperazine rings is 1. The Labute approximate surface area is 126 Å². The van der Waals surface area contributed by atoms with Crippen molar-refractivity contribution < 1.29 is 4.79 Å². The number of hydrogen-bond acceptors (Lipinski definition) is 4. The third-order valence-corrected chi connectivity index (χ3v) is 4.21. The van der Waals surface area contributed by atoms with Gasteiger partial charge in [0.15, 0.2) is 6.29 Å². The fourth-order valence-electron chi connectivity index (χ4n) is 2.51. The van der Waals surface area contributed by atoms with Gasteiger partial charge in [0, 0.05) is 36.0 Å². The summed E-state index contributed by atoms with van der Waals surface area (Å²) in [6, 6.07) is 7.87. The van der Waals surface area contributed by atoms with Gasteiger partial charge in [0.05, 0.1) is 11.1 Å². The Bertz CT molecular complexity index is 651. The summed E-state index contributed by atoms with van der Waals surface area (Å²) in [5, 5.41) is 0.986. The number of carbonyl (C=O) groups is 1. The smallest absolute Gasteiger partial charge is 0.153 e. The van der Waals surface area contributed by atoms with Crippen molar-refractivity contribution in [3.05, 3.63) is 34.3 Å². The van der Waals surface area contributed by atoms with Crippen molar-refractivity contribution in [3.8, 4) is 0 Å². The molecule has 1 aromatic carbocycles. The van der Waals surface area contributed by atoms with Crippen LogP contribution in [0.5, 0.6) is 0 Å². The molecule has 5 heteroatoms. The Morgan fingerprint density at radius 1 is 1.20 bits per heavy atom. The number of halogens is 1. The first-order valence-electron chi connectivity index (χ1n) is 6.66. The van der Waals surface area contributed by atoms with Crippen molar-refractivity contribution in [1.82, 2.24) is 9.88 Å². The number of carbonyl (C=O) groups excluding carboxylic acids is 1. The van der Waals surface area contributed by atoms with Crippen LogP contribution < -0.4 is 4.90 Å². The van der Waals surface area contributed by atoms with Crippen molar-refractivity contribution in [2.24, 2.45) is 0 Å². The normalized spacial score (nSPS) is 16.6. The van der Waals surface area contributed by atoms with Gasteiger partial charge in [-0.3, -0.25) is 4.79 Å². The van der Waals surface area contributed by atoms with Crippen molar-refractivity contribution in [1.29, 1.82) is 0 Å². The molecule has 1 aliphatic heterocycles. The zero-order valence-corrected chi connectivity index (χ0v) is 12.9. The van der Waals surface area contributed by atoms with Crippen LogP contribution >= 0.6 is 15.9 Å². The summed E-state index contributed by atoms with van der Waals surface area (Å²) >= 11 is 3.45. The van der Waals surface area contributed by atoms with E-state index in [1.54, 1.807) is 0 Å². The van der Waals surface area contributed by atoms with Crippen molar-refractivity contribution in [2.75, 3.05) is 38.1 Å². The van der Waals surface area contributed by atoms with Crippen molar-refractivity contribution in [3.63, 3.8) is 0 Å². The summed E-state index contributed by atoms with van der Waals surface area (Å²) < 4.78 is 0.996. The van der Waals surface area contributed by atoms with Crippen molar-refractivity contribution in [2.45, 2.75) is 0 Å². The molecule has 0 saturated carbocycles. The summed E-state index contributed by atoms with van der Waals surface area (Å²) in [7, 11) is 2.11. The van der Waals surface area contributed by atoms with Crippen LogP contribution in [0.2, 0.25) is 0 Å². The highest BCUT2D eigenvalue weighted by Crippen LogP contribution is 2.25. The first-order valence-corrected chi connectivity index (χ1v) is 7.45. The number of likely N-dealkylation sites (N-methyl/N-ethyl adjacent to an activating group) is 1. The fourth-order valence-corrected chi connectivity index (χ4v) is 2.89. The van der Waals surface area contributed by atoms with E-state index in [4.69, 9.17) is 4.98 Å². The van der Waals surface area contributed by atoms with Crippen molar-refractivity contribution >= 4 is 38.9 Å². The quantitative estimate of drug-likeness (QED) is 0.791. The minimum Gasteiger partial charge on any atom is -0.353 e. The second-order valence-electron chi connectivity index (χ2n) is 5.15. The fraction of sp³-hybridized carbons (Fsp3) is 0.333. The highest BCUT2D eigenvalue weighted by Gasteiger charge is 2.18. The van der Waals surface area contributed by atoms with Gasteiger partial charge in [0.2, 0.25) is 0 Å². The van der Waals surface area contributed by atoms with E-state index in [0.29, 0.717) is 5.56 Å². The summed E-state index contributed by atoms with van der Waals surface area (Å²) in [5.74, 6) is 0.808. The standard InChI is InChI=1S/C15H16BrN3O/c1-18-4-6-19(7-5-18)15-12(10-20)8-11-9-13(16)2-3-14(11)17-15/h2-3,8-10H,4-7H2,1H3. The van der Waals surface area contributed by atoms with Crippen LogP contribution in [0.3, 0.4) is 0 Å². The Morgan fingerprint density at radius 3 is 2.65 bits per heavy atom. The highest BCUT2D eigenvalue weighted by atomic mass is 79.9. The number of aldehydes is 1. The second-order valence-corrected chi connectivity index (χ2v) is 6.06. The average Bonchev–Trinajstić information content (AvgIpc) is 2.46. The average molecular weight is 334 g/mol. The van der Waals surface area contributed by atoms with Crippen LogP contribution in [0.25, 0.3) is 10.9 Å². The molecule has 3 rings (SSSR count). The molecule has 0 aliphatic carbocycles. The molecule has 0 spiro atoms. The molecule has 1 aliphatic rings. The van der Waals surface area contributed by atoms with E-state index in [1.165, 1.54) is 0 Å². The van der Waals surface area contributed by atoms with E-state index >= 15 is 0 Å². The van der Waals surface area contributed by atoms with E-state index in [2.05, 4.69) is 32.8 Å². The molecule has 0 N–H and O–H groups in total. The number of aromatic nitrogens is 1. The lowest BCUT2D eigenvalue weighted by atomic mass is 10.1. The number of rotatable bonds is 2. The molecular weight excluding hydrogens is 318 g/mol. The lowest BCUT2D eigenvalue weighted by Gasteiger charge is -2.33. The van der Waals surface area contributed by atoms with E-state index < -0.39 is 0 Å². The van der Waals surface area contributed by atoms with Crippen LogP contribution in [0.1, 0.15) is 10.4 Å². The third kappa shape index (κ3) is 2.55. The molecule has 1 saturated heterocycles. The van der Waals surface area contributed by atoms with Gasteiger partial charge in [0.25, 0.3) is 0 Å². The molecule has 0 atom stereocenters.